The van der Waals surface area contributed by atoms with Gasteiger partial charge >= 0.3 is 6.18 Å². The van der Waals surface area contributed by atoms with E-state index >= 15 is 0 Å². The van der Waals surface area contributed by atoms with E-state index in [1.54, 1.807) is 11.8 Å². The highest BCUT2D eigenvalue weighted by atomic mass is 35.5. The number of hydrogen-bond acceptors (Lipinski definition) is 6. The third-order valence-electron chi connectivity index (χ3n) is 5.80. The van der Waals surface area contributed by atoms with E-state index in [4.69, 9.17) is 21.1 Å². The van der Waals surface area contributed by atoms with Gasteiger partial charge in [-0.2, -0.15) is 18.2 Å². The molecular formula is C22H23ClF3N5O3. The SMILES string of the molecule is C=C(C)N=C1N=C(N2CCN(C(=O)c3ccc(OCC4(C(F)(F)F)CC4)nc3Cl)CC2)OC1=C. The van der Waals surface area contributed by atoms with Crippen LogP contribution in [0.5, 0.6) is 5.88 Å². The van der Waals surface area contributed by atoms with Crippen molar-refractivity contribution in [3.8, 4) is 5.88 Å². The van der Waals surface area contributed by atoms with Gasteiger partial charge in [0.25, 0.3) is 11.9 Å². The van der Waals surface area contributed by atoms with Gasteiger partial charge in [0, 0.05) is 37.9 Å². The zero-order valence-corrected chi connectivity index (χ0v) is 19.2. The topological polar surface area (TPSA) is 79.6 Å². The van der Waals surface area contributed by atoms with Gasteiger partial charge in [-0.15, -0.1) is 0 Å². The smallest absolute Gasteiger partial charge is 0.397 e. The first-order valence-electron chi connectivity index (χ1n) is 10.6. The number of carbonyl (C=O) groups excluding carboxylic acids is 1. The summed E-state index contributed by atoms with van der Waals surface area (Å²) in [6.07, 6.45) is -4.27. The highest BCUT2D eigenvalue weighted by Gasteiger charge is 2.64. The van der Waals surface area contributed by atoms with Crippen LogP contribution >= 0.6 is 11.6 Å². The van der Waals surface area contributed by atoms with Gasteiger partial charge in [-0.3, -0.25) is 4.79 Å². The predicted molar refractivity (Wildman–Crippen MR) is 120 cm³/mol. The number of allylic oxidation sites excluding steroid dienone is 1. The standard InChI is InChI=1S/C22H23ClF3N5O3/c1-13(2)27-18-14(3)34-20(29-18)31-10-8-30(9-11-31)19(32)15-4-5-16(28-17(15)23)33-12-21(6-7-21)22(24,25)26/h4-5H,1,3,6-12H2,2H3. The van der Waals surface area contributed by atoms with Crippen LogP contribution in [0.4, 0.5) is 13.2 Å². The average molecular weight is 498 g/mol. The average Bonchev–Trinajstić information content (AvgIpc) is 3.50. The molecule has 1 aromatic heterocycles. The lowest BCUT2D eigenvalue weighted by Crippen LogP contribution is -2.50. The van der Waals surface area contributed by atoms with E-state index in [0.717, 1.165) is 0 Å². The molecule has 12 heteroatoms. The van der Waals surface area contributed by atoms with Gasteiger partial charge < -0.3 is 19.3 Å². The first kappa shape index (κ1) is 24.1. The Morgan fingerprint density at radius 2 is 1.97 bits per heavy atom. The molecule has 4 rings (SSSR count). The minimum atomic E-state index is -4.32. The van der Waals surface area contributed by atoms with Crippen molar-refractivity contribution in [2.45, 2.75) is 25.9 Å². The molecule has 34 heavy (non-hydrogen) atoms. The number of carbonyl (C=O) groups is 1. The molecule has 3 heterocycles. The Hall–Kier alpha value is -3.08. The maximum Gasteiger partial charge on any atom is 0.397 e. The molecule has 0 atom stereocenters. The van der Waals surface area contributed by atoms with Crippen LogP contribution in [-0.2, 0) is 4.74 Å². The van der Waals surface area contributed by atoms with Crippen molar-refractivity contribution in [2.24, 2.45) is 15.4 Å². The molecule has 0 bridgehead atoms. The molecule has 0 radical (unpaired) electrons. The van der Waals surface area contributed by atoms with Gasteiger partial charge in [0.2, 0.25) is 5.88 Å². The van der Waals surface area contributed by atoms with Crippen LogP contribution < -0.4 is 4.74 Å². The number of nitrogens with zero attached hydrogens (tertiary/aromatic N) is 5. The second-order valence-corrected chi connectivity index (χ2v) is 8.78. The molecule has 1 saturated heterocycles. The van der Waals surface area contributed by atoms with Gasteiger partial charge in [-0.1, -0.05) is 24.8 Å². The number of amides is 1. The summed E-state index contributed by atoms with van der Waals surface area (Å²) in [7, 11) is 0. The summed E-state index contributed by atoms with van der Waals surface area (Å²) in [5.41, 5.74) is -1.08. The second kappa shape index (κ2) is 8.94. The summed E-state index contributed by atoms with van der Waals surface area (Å²) in [6.45, 7) is 10.4. The zero-order chi connectivity index (χ0) is 24.7. The Morgan fingerprint density at radius 1 is 1.29 bits per heavy atom. The molecule has 2 fully saturated rings. The molecule has 1 aliphatic carbocycles. The largest absolute Gasteiger partial charge is 0.477 e. The quantitative estimate of drug-likeness (QED) is 0.573. The molecule has 8 nitrogen and oxygen atoms in total. The molecule has 182 valence electrons. The fraction of sp³-hybridized carbons (Fsp3) is 0.455. The number of piperazine rings is 1. The molecule has 0 spiro atoms. The van der Waals surface area contributed by atoms with Crippen molar-refractivity contribution < 1.29 is 27.4 Å². The second-order valence-electron chi connectivity index (χ2n) is 8.42. The Balaban J connectivity index is 1.34. The minimum absolute atomic E-state index is 0.0281. The number of alkyl halides is 3. The summed E-state index contributed by atoms with van der Waals surface area (Å²) in [6, 6.07) is 3.14. The van der Waals surface area contributed by atoms with Crippen molar-refractivity contribution in [2.75, 3.05) is 32.8 Å². The monoisotopic (exact) mass is 497 g/mol. The summed E-state index contributed by atoms with van der Waals surface area (Å²) in [5, 5.41) is -0.123. The fourth-order valence-corrected chi connectivity index (χ4v) is 3.76. The van der Waals surface area contributed by atoms with Crippen molar-refractivity contribution in [1.82, 2.24) is 14.8 Å². The summed E-state index contributed by atoms with van der Waals surface area (Å²) in [4.78, 5) is 28.9. The number of amidine groups is 2. The molecule has 2 aliphatic heterocycles. The molecule has 3 aliphatic rings. The summed E-state index contributed by atoms with van der Waals surface area (Å²) in [5.74, 6) is 0.315. The number of aliphatic imine (C=N–C) groups is 2. The fourth-order valence-electron chi connectivity index (χ4n) is 3.54. The molecule has 1 aromatic rings. The number of rotatable bonds is 5. The summed E-state index contributed by atoms with van der Waals surface area (Å²) >= 11 is 6.16. The van der Waals surface area contributed by atoms with Crippen LogP contribution in [0.1, 0.15) is 30.1 Å². The lowest BCUT2D eigenvalue weighted by molar-refractivity contribution is -0.194. The normalized spacial score (nSPS) is 20.8. The van der Waals surface area contributed by atoms with E-state index in [2.05, 4.69) is 28.1 Å². The van der Waals surface area contributed by atoms with Crippen LogP contribution in [0.25, 0.3) is 0 Å². The molecule has 1 amide bonds. The Labute approximate surface area is 199 Å². The minimum Gasteiger partial charge on any atom is -0.477 e. The zero-order valence-electron chi connectivity index (χ0n) is 18.5. The van der Waals surface area contributed by atoms with Gasteiger partial charge in [-0.05, 0) is 25.8 Å². The van der Waals surface area contributed by atoms with Gasteiger partial charge in [-0.25, -0.2) is 9.98 Å². The van der Waals surface area contributed by atoms with E-state index in [-0.39, 0.29) is 35.3 Å². The van der Waals surface area contributed by atoms with Crippen LogP contribution in [0.2, 0.25) is 5.15 Å². The van der Waals surface area contributed by atoms with Crippen LogP contribution in [0, 0.1) is 5.41 Å². The molecular weight excluding hydrogens is 475 g/mol. The van der Waals surface area contributed by atoms with E-state index < -0.39 is 18.2 Å². The summed E-state index contributed by atoms with van der Waals surface area (Å²) < 4.78 is 50.0. The van der Waals surface area contributed by atoms with Crippen LogP contribution in [0.3, 0.4) is 0 Å². The lowest BCUT2D eigenvalue weighted by Gasteiger charge is -2.34. The van der Waals surface area contributed by atoms with Crippen molar-refractivity contribution >= 4 is 29.4 Å². The highest BCUT2D eigenvalue weighted by molar-refractivity contribution is 6.32. The van der Waals surface area contributed by atoms with Crippen LogP contribution in [-0.4, -0.2) is 71.5 Å². The molecule has 0 N–H and O–H groups in total. The Kier molecular flexibility index (Phi) is 6.32. The number of halogens is 4. The number of aromatic nitrogens is 1. The van der Waals surface area contributed by atoms with E-state index in [0.29, 0.717) is 49.5 Å². The molecule has 0 unspecified atom stereocenters. The van der Waals surface area contributed by atoms with Gasteiger partial charge in [0.1, 0.15) is 17.2 Å². The highest BCUT2D eigenvalue weighted by Crippen LogP contribution is 2.57. The number of pyridine rings is 1. The lowest BCUT2D eigenvalue weighted by atomic mass is 10.1. The van der Waals surface area contributed by atoms with Crippen LogP contribution in [0.15, 0.2) is 46.7 Å². The van der Waals surface area contributed by atoms with Crippen molar-refractivity contribution in [3.63, 3.8) is 0 Å². The van der Waals surface area contributed by atoms with Gasteiger partial charge in [0.05, 0.1) is 5.56 Å². The van der Waals surface area contributed by atoms with Gasteiger partial charge in [0.15, 0.2) is 11.6 Å². The van der Waals surface area contributed by atoms with E-state index in [9.17, 15) is 18.0 Å². The Morgan fingerprint density at radius 3 is 2.53 bits per heavy atom. The molecule has 0 aromatic carbocycles. The Bertz CT molecular complexity index is 1090. The third-order valence-corrected chi connectivity index (χ3v) is 6.09. The third kappa shape index (κ3) is 4.89. The first-order chi connectivity index (χ1) is 16.0. The van der Waals surface area contributed by atoms with E-state index in [1.165, 1.54) is 12.1 Å². The predicted octanol–water partition coefficient (Wildman–Crippen LogP) is 4.05. The van der Waals surface area contributed by atoms with E-state index in [1.807, 2.05) is 4.90 Å². The molecule has 1 saturated carbocycles. The maximum atomic E-state index is 13.1. The first-order valence-corrected chi connectivity index (χ1v) is 11.0. The number of ether oxygens (including phenoxy) is 2. The number of hydrogen-bond donors (Lipinski definition) is 0. The van der Waals surface area contributed by atoms with Crippen molar-refractivity contribution in [3.05, 3.63) is 47.5 Å². The van der Waals surface area contributed by atoms with Crippen molar-refractivity contribution in [1.29, 1.82) is 0 Å². The maximum absolute atomic E-state index is 13.1.